The number of halogens is 1. The lowest BCUT2D eigenvalue weighted by Gasteiger charge is -2.60. The molecule has 0 aliphatic heterocycles. The number of hydrogen-bond donors (Lipinski definition) is 2. The van der Waals surface area contributed by atoms with Crippen molar-refractivity contribution in [3.8, 4) is 5.75 Å². The van der Waals surface area contributed by atoms with Crippen molar-refractivity contribution in [3.63, 3.8) is 0 Å². The highest BCUT2D eigenvalue weighted by Crippen LogP contribution is 2.69. The number of aliphatic hydroxyl groups excluding tert-OH is 1. The third-order valence-corrected chi connectivity index (χ3v) is 11.2. The van der Waals surface area contributed by atoms with E-state index >= 15 is 0 Å². The quantitative estimate of drug-likeness (QED) is 0.341. The molecule has 3 saturated carbocycles. The molecule has 0 unspecified atom stereocenters. The van der Waals surface area contributed by atoms with Gasteiger partial charge in [0.05, 0.1) is 35.3 Å². The predicted octanol–water partition coefficient (Wildman–Crippen LogP) is 4.84. The molecule has 1 aromatic rings. The Kier molecular flexibility index (Phi) is 7.50. The van der Waals surface area contributed by atoms with E-state index in [1.54, 1.807) is 12.2 Å². The van der Waals surface area contributed by atoms with Crippen molar-refractivity contribution in [3.05, 3.63) is 56.6 Å². The summed E-state index contributed by atoms with van der Waals surface area (Å²) in [6.07, 6.45) is 6.10. The monoisotopic (exact) mass is 587 g/mol. The van der Waals surface area contributed by atoms with Gasteiger partial charge in [-0.05, 0) is 61.2 Å². The fraction of sp³-hybridized carbons (Fsp3) is 0.613. The second-order valence-corrected chi connectivity index (χ2v) is 13.3. The maximum absolute atomic E-state index is 13.8. The van der Waals surface area contributed by atoms with Gasteiger partial charge in [-0.2, -0.15) is 0 Å². The number of Topliss-reactive ketones (excluding diaryl/α,β-unsaturated/α-hetero) is 1. The van der Waals surface area contributed by atoms with Crippen LogP contribution in [0.2, 0.25) is 5.02 Å². The van der Waals surface area contributed by atoms with Crippen LogP contribution >= 0.6 is 11.6 Å². The zero-order valence-electron chi connectivity index (χ0n) is 24.1. The number of ether oxygens (including phenoxy) is 2. The normalized spacial score (nSPS) is 39.4. The van der Waals surface area contributed by atoms with E-state index in [0.29, 0.717) is 6.42 Å². The number of nitro groups is 1. The molecule has 9 atom stereocenters. The summed E-state index contributed by atoms with van der Waals surface area (Å²) in [5.74, 6) is -0.641. The zero-order valence-corrected chi connectivity index (χ0v) is 24.8. The Hall–Kier alpha value is -2.59. The summed E-state index contributed by atoms with van der Waals surface area (Å²) in [6.45, 7) is 7.29. The molecule has 0 saturated heterocycles. The number of allylic oxidation sites excluding steroid dienone is 4. The van der Waals surface area contributed by atoms with Crippen molar-refractivity contribution in [1.29, 1.82) is 0 Å². The van der Waals surface area contributed by atoms with Crippen LogP contribution < -0.4 is 4.74 Å². The fourth-order valence-corrected chi connectivity index (χ4v) is 9.30. The first kappa shape index (κ1) is 29.9. The zero-order chi connectivity index (χ0) is 30.1. The summed E-state index contributed by atoms with van der Waals surface area (Å²) in [5, 5.41) is 35.5. The molecule has 4 aliphatic rings. The molecular formula is C31H38ClNO8. The summed E-state index contributed by atoms with van der Waals surface area (Å²) >= 11 is 6.05. The molecule has 4 aliphatic carbocycles. The van der Waals surface area contributed by atoms with Crippen LogP contribution in [0.5, 0.6) is 5.75 Å². The maximum Gasteiger partial charge on any atom is 0.276 e. The molecule has 10 heteroatoms. The van der Waals surface area contributed by atoms with Gasteiger partial charge < -0.3 is 19.7 Å². The smallest absolute Gasteiger partial charge is 0.276 e. The van der Waals surface area contributed by atoms with E-state index in [4.69, 9.17) is 21.1 Å². The number of nitro benzene ring substituents is 1. The lowest BCUT2D eigenvalue weighted by molar-refractivity contribution is -0.385. The lowest BCUT2D eigenvalue weighted by atomic mass is 9.44. The van der Waals surface area contributed by atoms with Crippen LogP contribution in [0.1, 0.15) is 52.5 Å². The van der Waals surface area contributed by atoms with Crippen molar-refractivity contribution in [2.45, 2.75) is 65.3 Å². The molecule has 3 fully saturated rings. The second kappa shape index (κ2) is 10.3. The van der Waals surface area contributed by atoms with Crippen LogP contribution in [-0.4, -0.2) is 52.1 Å². The summed E-state index contributed by atoms with van der Waals surface area (Å²) in [6, 6.07) is 2.59. The largest absolute Gasteiger partial charge is 0.495 e. The summed E-state index contributed by atoms with van der Waals surface area (Å²) in [5.41, 5.74) is -2.12. The number of fused-ring (bicyclic) bond motifs is 5. The van der Waals surface area contributed by atoms with Gasteiger partial charge in [0.2, 0.25) is 0 Å². The summed E-state index contributed by atoms with van der Waals surface area (Å²) in [7, 11) is 1.40. The third kappa shape index (κ3) is 4.39. The number of carbonyl (C=O) groups is 2. The van der Waals surface area contributed by atoms with Gasteiger partial charge >= 0.3 is 0 Å². The first-order valence-corrected chi connectivity index (χ1v) is 14.5. The van der Waals surface area contributed by atoms with Crippen molar-refractivity contribution in [2.24, 2.45) is 40.4 Å². The van der Waals surface area contributed by atoms with E-state index < -0.39 is 39.8 Å². The molecule has 0 aromatic heterocycles. The van der Waals surface area contributed by atoms with E-state index in [1.165, 1.54) is 19.2 Å². The molecule has 2 N–H and O–H groups in total. The van der Waals surface area contributed by atoms with Crippen molar-refractivity contribution >= 4 is 28.9 Å². The molecule has 0 spiro atoms. The highest BCUT2D eigenvalue weighted by molar-refractivity contribution is 6.32. The van der Waals surface area contributed by atoms with Crippen LogP contribution in [-0.2, 0) is 20.9 Å². The van der Waals surface area contributed by atoms with Crippen molar-refractivity contribution < 1.29 is 34.2 Å². The van der Waals surface area contributed by atoms with Crippen molar-refractivity contribution in [1.82, 2.24) is 0 Å². The predicted molar refractivity (Wildman–Crippen MR) is 151 cm³/mol. The number of carbonyl (C=O) groups excluding carboxylic acids is 2. The average molecular weight is 588 g/mol. The van der Waals surface area contributed by atoms with Gasteiger partial charge in [-0.3, -0.25) is 19.7 Å². The number of methoxy groups -OCH3 is 1. The van der Waals surface area contributed by atoms with Gasteiger partial charge in [0.25, 0.3) is 5.69 Å². The van der Waals surface area contributed by atoms with E-state index in [9.17, 15) is 29.9 Å². The molecule has 9 nitrogen and oxygen atoms in total. The number of benzene rings is 1. The first-order chi connectivity index (χ1) is 19.2. The van der Waals surface area contributed by atoms with Crippen LogP contribution in [0.4, 0.5) is 5.69 Å². The molecule has 1 aromatic carbocycles. The third-order valence-electron chi connectivity index (χ3n) is 10.9. The summed E-state index contributed by atoms with van der Waals surface area (Å²) in [4.78, 5) is 37.0. The molecule has 0 bridgehead atoms. The Bertz CT molecular complexity index is 1360. The number of ketones is 2. The van der Waals surface area contributed by atoms with Crippen LogP contribution in [0.3, 0.4) is 0 Å². The Morgan fingerprint density at radius 1 is 1.24 bits per heavy atom. The molecular weight excluding hydrogens is 550 g/mol. The minimum absolute atomic E-state index is 0.0201. The van der Waals surface area contributed by atoms with Crippen LogP contribution in [0.15, 0.2) is 35.9 Å². The number of aliphatic hydroxyl groups is 2. The Balaban J connectivity index is 1.39. The topological polar surface area (TPSA) is 136 Å². The molecule has 41 heavy (non-hydrogen) atoms. The summed E-state index contributed by atoms with van der Waals surface area (Å²) < 4.78 is 10.9. The fourth-order valence-electron chi connectivity index (χ4n) is 9.07. The lowest BCUT2D eigenvalue weighted by Crippen LogP contribution is -2.63. The van der Waals surface area contributed by atoms with Gasteiger partial charge in [0.1, 0.15) is 18.0 Å². The Labute approximate surface area is 244 Å². The Morgan fingerprint density at radius 2 is 1.95 bits per heavy atom. The highest BCUT2D eigenvalue weighted by Gasteiger charge is 2.70. The van der Waals surface area contributed by atoms with Gasteiger partial charge in [-0.25, -0.2) is 0 Å². The number of nitrogens with zero attached hydrogens (tertiary/aromatic N) is 1. The second-order valence-electron chi connectivity index (χ2n) is 12.9. The molecule has 222 valence electrons. The molecule has 0 radical (unpaired) electrons. The van der Waals surface area contributed by atoms with Crippen LogP contribution in [0, 0.1) is 50.5 Å². The molecule has 5 rings (SSSR count). The number of rotatable bonds is 7. The highest BCUT2D eigenvalue weighted by atomic mass is 35.5. The minimum Gasteiger partial charge on any atom is -0.495 e. The SMILES string of the molecule is COc1cc(COCC(=O)[C@@]2(O)[C@H](C)C[C@H]3[C@@H]4C[C@H](C)C5=CC(=O)C=C[C@]5(C)[C@H]4[C@@H](O)C[C@@]32C)c([N+](=O)[O-])cc1Cl. The van der Waals surface area contributed by atoms with Gasteiger partial charge in [-0.15, -0.1) is 0 Å². The van der Waals surface area contributed by atoms with Gasteiger partial charge in [-0.1, -0.05) is 50.9 Å². The molecule has 0 amide bonds. The standard InChI is InChI=1S/C31H38ClNO8/c1-16-8-20-22-9-17(2)31(37,27(36)15-41-14-18-10-26(40-5)23(32)12-24(18)33(38)39)30(22,4)13-25(35)28(20)29(3)7-6-19(34)11-21(16)29/h6-7,10-12,16-17,20,22,25,28,35,37H,8-9,13-15H2,1-5H3/t16-,17+,20-,22-,25-,28+,29-,30-,31-/m0/s1. The van der Waals surface area contributed by atoms with Crippen molar-refractivity contribution in [2.75, 3.05) is 13.7 Å². The molecule has 0 heterocycles. The van der Waals surface area contributed by atoms with Gasteiger partial charge in [0, 0.05) is 22.8 Å². The minimum atomic E-state index is -1.74. The average Bonchev–Trinajstić information content (AvgIpc) is 3.11. The van der Waals surface area contributed by atoms with Gasteiger partial charge in [0.15, 0.2) is 11.6 Å². The van der Waals surface area contributed by atoms with Crippen LogP contribution in [0.25, 0.3) is 0 Å². The van der Waals surface area contributed by atoms with E-state index in [2.05, 4.69) is 13.8 Å². The number of hydrogen-bond acceptors (Lipinski definition) is 8. The van der Waals surface area contributed by atoms with E-state index in [0.717, 1.165) is 12.0 Å². The van der Waals surface area contributed by atoms with E-state index in [1.807, 2.05) is 19.9 Å². The Morgan fingerprint density at radius 3 is 2.61 bits per heavy atom. The maximum atomic E-state index is 13.8. The first-order valence-electron chi connectivity index (χ1n) is 14.2. The van der Waals surface area contributed by atoms with E-state index in [-0.39, 0.29) is 70.4 Å².